The summed E-state index contributed by atoms with van der Waals surface area (Å²) in [4.78, 5) is 25.3. The molecule has 0 heterocycles. The number of nitro benzene ring substituents is 1. The van der Waals surface area contributed by atoms with Crippen molar-refractivity contribution in [2.24, 2.45) is 5.41 Å². The molecule has 0 aliphatic heterocycles. The van der Waals surface area contributed by atoms with Gasteiger partial charge in [0, 0.05) is 24.2 Å². The molecule has 1 aliphatic rings. The van der Waals surface area contributed by atoms with E-state index in [2.05, 4.69) is 32.6 Å². The molecule has 0 unspecified atom stereocenters. The van der Waals surface area contributed by atoms with Crippen molar-refractivity contribution in [2.75, 3.05) is 6.54 Å². The van der Waals surface area contributed by atoms with Gasteiger partial charge in [-0.1, -0.05) is 6.42 Å². The second kappa shape index (κ2) is 9.33. The number of carbonyl (C=O) groups excluding carboxylic acids is 1. The molecule has 0 atom stereocenters. The van der Waals surface area contributed by atoms with Crippen LogP contribution in [0.5, 0.6) is 5.75 Å². The van der Waals surface area contributed by atoms with E-state index in [1.54, 1.807) is 0 Å². The summed E-state index contributed by atoms with van der Waals surface area (Å²) < 4.78 is 5.53. The summed E-state index contributed by atoms with van der Waals surface area (Å²) in [7, 11) is 0. The zero-order valence-electron chi connectivity index (χ0n) is 15.9. The van der Waals surface area contributed by atoms with E-state index < -0.39 is 10.3 Å². The molecule has 26 heavy (non-hydrogen) atoms. The van der Waals surface area contributed by atoms with Crippen LogP contribution in [0.15, 0.2) is 24.3 Å². The highest BCUT2D eigenvalue weighted by Gasteiger charge is 2.45. The Morgan fingerprint density at radius 3 is 2.12 bits per heavy atom. The van der Waals surface area contributed by atoms with E-state index in [1.165, 1.54) is 24.3 Å². The first-order valence-corrected chi connectivity index (χ1v) is 8.98. The molecule has 0 radical (unpaired) electrons. The van der Waals surface area contributed by atoms with Crippen LogP contribution in [-0.2, 0) is 4.79 Å². The molecular weight excluding hydrogens is 356 g/mol. The van der Waals surface area contributed by atoms with Crippen LogP contribution in [0.4, 0.5) is 5.69 Å². The van der Waals surface area contributed by atoms with Gasteiger partial charge in [0.1, 0.15) is 5.75 Å². The maximum atomic E-state index is 12.7. The standard InChI is InChI=1S/C19H28N2O4.ClH/c1-14(2)20(15(3)4)13-12-19(10-5-11-19)18(22)25-17-8-6-16(7-9-17)21(23)24;/h6-9,14-15H,5,10-13H2,1-4H3;1H. The third-order valence-corrected chi connectivity index (χ3v) is 5.18. The van der Waals surface area contributed by atoms with E-state index in [0.717, 1.165) is 32.2 Å². The fourth-order valence-corrected chi connectivity index (χ4v) is 3.47. The van der Waals surface area contributed by atoms with Crippen molar-refractivity contribution in [2.45, 2.75) is 65.5 Å². The second-order valence-corrected chi connectivity index (χ2v) is 7.45. The molecule has 0 amide bonds. The van der Waals surface area contributed by atoms with Gasteiger partial charge in [-0.2, -0.15) is 0 Å². The first-order chi connectivity index (χ1) is 11.7. The SMILES string of the molecule is CC(C)N(CCC1(C(=O)Oc2ccc([N+](=O)[O-])cc2)CCC1)C(C)C.Cl. The predicted octanol–water partition coefficient (Wildman–Crippen LogP) is 4.60. The highest BCUT2D eigenvalue weighted by molar-refractivity contribution is 5.85. The van der Waals surface area contributed by atoms with Gasteiger partial charge < -0.3 is 4.74 Å². The molecule has 1 aromatic rings. The number of hydrogen-bond acceptors (Lipinski definition) is 5. The van der Waals surface area contributed by atoms with Crippen LogP contribution in [-0.4, -0.2) is 34.4 Å². The first-order valence-electron chi connectivity index (χ1n) is 8.98. The van der Waals surface area contributed by atoms with Gasteiger partial charge in [0.2, 0.25) is 0 Å². The molecule has 2 rings (SSSR count). The number of benzene rings is 1. The van der Waals surface area contributed by atoms with Crippen LogP contribution in [0.1, 0.15) is 53.4 Å². The molecule has 1 aliphatic carbocycles. The monoisotopic (exact) mass is 384 g/mol. The molecule has 7 heteroatoms. The fourth-order valence-electron chi connectivity index (χ4n) is 3.47. The summed E-state index contributed by atoms with van der Waals surface area (Å²) >= 11 is 0. The average Bonchev–Trinajstić information content (AvgIpc) is 2.49. The van der Waals surface area contributed by atoms with E-state index in [1.807, 2.05) is 0 Å². The number of hydrogen-bond donors (Lipinski definition) is 0. The van der Waals surface area contributed by atoms with Crippen molar-refractivity contribution in [1.82, 2.24) is 4.90 Å². The van der Waals surface area contributed by atoms with Crippen molar-refractivity contribution in [3.05, 3.63) is 34.4 Å². The van der Waals surface area contributed by atoms with Crippen LogP contribution >= 0.6 is 12.4 Å². The molecule has 1 aromatic carbocycles. The van der Waals surface area contributed by atoms with Crippen molar-refractivity contribution in [3.63, 3.8) is 0 Å². The summed E-state index contributed by atoms with van der Waals surface area (Å²) in [5.41, 5.74) is -0.424. The largest absolute Gasteiger partial charge is 0.426 e. The van der Waals surface area contributed by atoms with E-state index >= 15 is 0 Å². The second-order valence-electron chi connectivity index (χ2n) is 7.45. The Morgan fingerprint density at radius 2 is 1.73 bits per heavy atom. The van der Waals surface area contributed by atoms with Crippen LogP contribution in [0.25, 0.3) is 0 Å². The Balaban J connectivity index is 0.00000338. The summed E-state index contributed by atoms with van der Waals surface area (Å²) in [6.07, 6.45) is 3.53. The van der Waals surface area contributed by atoms with Crippen molar-refractivity contribution in [1.29, 1.82) is 0 Å². The maximum absolute atomic E-state index is 12.7. The third kappa shape index (κ3) is 5.17. The topological polar surface area (TPSA) is 72.7 Å². The first kappa shape index (κ1) is 22.4. The van der Waals surface area contributed by atoms with Crippen molar-refractivity contribution >= 4 is 24.1 Å². The van der Waals surface area contributed by atoms with Gasteiger partial charge >= 0.3 is 5.97 Å². The van der Waals surface area contributed by atoms with Gasteiger partial charge in [-0.15, -0.1) is 12.4 Å². The summed E-state index contributed by atoms with van der Waals surface area (Å²) in [5.74, 6) is 0.159. The zero-order chi connectivity index (χ0) is 18.6. The zero-order valence-corrected chi connectivity index (χ0v) is 16.8. The third-order valence-electron chi connectivity index (χ3n) is 5.18. The molecule has 0 saturated heterocycles. The van der Waals surface area contributed by atoms with Gasteiger partial charge in [-0.05, 0) is 65.6 Å². The Morgan fingerprint density at radius 1 is 1.19 bits per heavy atom. The van der Waals surface area contributed by atoms with Crippen molar-refractivity contribution < 1.29 is 14.5 Å². The normalized spacial score (nSPS) is 15.5. The quantitative estimate of drug-likeness (QED) is 0.283. The number of esters is 1. The Kier molecular flexibility index (Phi) is 8.03. The highest BCUT2D eigenvalue weighted by atomic mass is 35.5. The number of nitrogens with zero attached hydrogens (tertiary/aromatic N) is 2. The van der Waals surface area contributed by atoms with Crippen LogP contribution < -0.4 is 4.74 Å². The Labute approximate surface area is 161 Å². The summed E-state index contributed by atoms with van der Waals surface area (Å²) in [5, 5.41) is 10.7. The van der Waals surface area contributed by atoms with Crippen LogP contribution in [0, 0.1) is 15.5 Å². The molecule has 1 saturated carbocycles. The van der Waals surface area contributed by atoms with E-state index in [0.29, 0.717) is 17.8 Å². The lowest BCUT2D eigenvalue weighted by Gasteiger charge is -2.41. The molecule has 146 valence electrons. The van der Waals surface area contributed by atoms with Crippen LogP contribution in [0.2, 0.25) is 0 Å². The lowest BCUT2D eigenvalue weighted by molar-refractivity contribution is -0.384. The Bertz CT molecular complexity index is 604. The highest BCUT2D eigenvalue weighted by Crippen LogP contribution is 2.45. The number of carbonyl (C=O) groups is 1. The van der Waals surface area contributed by atoms with E-state index in [9.17, 15) is 14.9 Å². The minimum atomic E-state index is -0.467. The minimum absolute atomic E-state index is 0. The number of ether oxygens (including phenoxy) is 1. The van der Waals surface area contributed by atoms with Gasteiger partial charge in [0.15, 0.2) is 0 Å². The van der Waals surface area contributed by atoms with Gasteiger partial charge in [-0.25, -0.2) is 0 Å². The lowest BCUT2D eigenvalue weighted by atomic mass is 9.66. The van der Waals surface area contributed by atoms with Crippen molar-refractivity contribution in [3.8, 4) is 5.75 Å². The molecule has 0 N–H and O–H groups in total. The van der Waals surface area contributed by atoms with E-state index in [4.69, 9.17) is 4.74 Å². The van der Waals surface area contributed by atoms with Gasteiger partial charge in [0.25, 0.3) is 5.69 Å². The number of halogens is 1. The lowest BCUT2D eigenvalue weighted by Crippen LogP contribution is -2.46. The van der Waals surface area contributed by atoms with Gasteiger partial charge in [-0.3, -0.25) is 19.8 Å². The number of rotatable bonds is 8. The predicted molar refractivity (Wildman–Crippen MR) is 104 cm³/mol. The minimum Gasteiger partial charge on any atom is -0.426 e. The van der Waals surface area contributed by atoms with Crippen LogP contribution in [0.3, 0.4) is 0 Å². The molecule has 0 bridgehead atoms. The molecule has 1 fully saturated rings. The maximum Gasteiger partial charge on any atom is 0.317 e. The molecule has 0 aromatic heterocycles. The Hall–Kier alpha value is -1.66. The average molecular weight is 385 g/mol. The fraction of sp³-hybridized carbons (Fsp3) is 0.632. The summed E-state index contributed by atoms with van der Waals surface area (Å²) in [6.45, 7) is 9.54. The number of nitro groups is 1. The molecular formula is C19H29ClN2O4. The smallest absolute Gasteiger partial charge is 0.317 e. The summed E-state index contributed by atoms with van der Waals surface area (Å²) in [6, 6.07) is 6.55. The molecule has 6 nitrogen and oxygen atoms in total. The number of non-ortho nitro benzene ring substituents is 1. The van der Waals surface area contributed by atoms with Gasteiger partial charge in [0.05, 0.1) is 10.3 Å². The molecule has 0 spiro atoms. The van der Waals surface area contributed by atoms with E-state index in [-0.39, 0.29) is 24.1 Å².